The van der Waals surface area contributed by atoms with Gasteiger partial charge in [-0.15, -0.1) is 0 Å². The van der Waals surface area contributed by atoms with Gasteiger partial charge in [0.2, 0.25) is 5.91 Å². The highest BCUT2D eigenvalue weighted by Gasteiger charge is 2.23. The van der Waals surface area contributed by atoms with Gasteiger partial charge in [0.1, 0.15) is 6.04 Å². The van der Waals surface area contributed by atoms with Gasteiger partial charge in [-0.2, -0.15) is 0 Å². The summed E-state index contributed by atoms with van der Waals surface area (Å²) in [4.78, 5) is 22.5. The minimum atomic E-state index is -0.984. The molecule has 2 atom stereocenters. The van der Waals surface area contributed by atoms with E-state index in [4.69, 9.17) is 10.8 Å². The molecule has 0 saturated heterocycles. The Morgan fingerprint density at radius 1 is 1.31 bits per heavy atom. The molecule has 5 nitrogen and oxygen atoms in total. The molecular formula is C11H22N2O3. The van der Waals surface area contributed by atoms with E-state index in [0.29, 0.717) is 19.4 Å². The third kappa shape index (κ3) is 5.70. The zero-order valence-corrected chi connectivity index (χ0v) is 10.2. The summed E-state index contributed by atoms with van der Waals surface area (Å²) in [6, 6.07) is -0.798. The van der Waals surface area contributed by atoms with Gasteiger partial charge in [-0.05, 0) is 25.3 Å². The van der Waals surface area contributed by atoms with Gasteiger partial charge >= 0.3 is 5.97 Å². The smallest absolute Gasteiger partial charge is 0.326 e. The van der Waals surface area contributed by atoms with Crippen LogP contribution in [0.1, 0.15) is 33.6 Å². The molecule has 0 heterocycles. The van der Waals surface area contributed by atoms with Crippen molar-refractivity contribution in [1.29, 1.82) is 0 Å². The molecule has 4 N–H and O–H groups in total. The van der Waals surface area contributed by atoms with Crippen LogP contribution in [0.5, 0.6) is 0 Å². The van der Waals surface area contributed by atoms with E-state index in [2.05, 4.69) is 5.32 Å². The Kier molecular flexibility index (Phi) is 6.72. The summed E-state index contributed by atoms with van der Waals surface area (Å²) in [6.07, 6.45) is 1.01. The highest BCUT2D eigenvalue weighted by molar-refractivity contribution is 5.84. The lowest BCUT2D eigenvalue weighted by Gasteiger charge is -2.18. The number of carbonyl (C=O) groups is 2. The minimum Gasteiger partial charge on any atom is -0.480 e. The summed E-state index contributed by atoms with van der Waals surface area (Å²) in [7, 11) is 0. The van der Waals surface area contributed by atoms with Crippen molar-refractivity contribution in [3.63, 3.8) is 0 Å². The number of hydrogen-bond acceptors (Lipinski definition) is 3. The van der Waals surface area contributed by atoms with E-state index < -0.39 is 12.0 Å². The molecule has 0 fully saturated rings. The van der Waals surface area contributed by atoms with E-state index >= 15 is 0 Å². The van der Waals surface area contributed by atoms with Gasteiger partial charge in [0.05, 0.1) is 0 Å². The number of amides is 1. The Morgan fingerprint density at radius 2 is 1.88 bits per heavy atom. The molecule has 0 aromatic heterocycles. The van der Waals surface area contributed by atoms with Crippen LogP contribution in [0, 0.1) is 11.8 Å². The van der Waals surface area contributed by atoms with Gasteiger partial charge in [-0.1, -0.05) is 20.8 Å². The Hall–Kier alpha value is -1.10. The highest BCUT2D eigenvalue weighted by Crippen LogP contribution is 2.07. The number of nitrogens with one attached hydrogen (secondary N) is 1. The normalized spacial score (nSPS) is 14.6. The van der Waals surface area contributed by atoms with Crippen molar-refractivity contribution in [3.8, 4) is 0 Å². The number of hydrogen-bond donors (Lipinski definition) is 3. The maximum absolute atomic E-state index is 11.6. The van der Waals surface area contributed by atoms with Crippen molar-refractivity contribution in [2.24, 2.45) is 17.6 Å². The van der Waals surface area contributed by atoms with Crippen molar-refractivity contribution < 1.29 is 14.7 Å². The van der Waals surface area contributed by atoms with Crippen LogP contribution in [0.25, 0.3) is 0 Å². The predicted molar refractivity (Wildman–Crippen MR) is 61.9 cm³/mol. The second-order valence-electron chi connectivity index (χ2n) is 4.51. The minimum absolute atomic E-state index is 0.228. The van der Waals surface area contributed by atoms with Gasteiger partial charge in [0.25, 0.3) is 0 Å². The molecule has 1 amide bonds. The average Bonchev–Trinajstić information content (AvgIpc) is 2.16. The monoisotopic (exact) mass is 230 g/mol. The van der Waals surface area contributed by atoms with Gasteiger partial charge in [0.15, 0.2) is 0 Å². The SMILES string of the molecule is CC(C)C[C@H](NC(=O)C(C)CCN)C(=O)O. The molecule has 16 heavy (non-hydrogen) atoms. The Bertz CT molecular complexity index is 241. The lowest BCUT2D eigenvalue weighted by Crippen LogP contribution is -2.44. The van der Waals surface area contributed by atoms with Crippen molar-refractivity contribution in [2.75, 3.05) is 6.54 Å². The molecule has 0 spiro atoms. The number of nitrogens with two attached hydrogens (primary N) is 1. The predicted octanol–water partition coefficient (Wildman–Crippen LogP) is 0.587. The second kappa shape index (κ2) is 7.22. The first kappa shape index (κ1) is 14.9. The quantitative estimate of drug-likeness (QED) is 0.596. The number of carbonyl (C=O) groups excluding carboxylic acids is 1. The van der Waals surface area contributed by atoms with E-state index in [1.807, 2.05) is 13.8 Å². The fraction of sp³-hybridized carbons (Fsp3) is 0.818. The summed E-state index contributed by atoms with van der Waals surface area (Å²) in [5, 5.41) is 11.5. The van der Waals surface area contributed by atoms with Gasteiger partial charge in [-0.25, -0.2) is 4.79 Å². The van der Waals surface area contributed by atoms with Crippen LogP contribution in [0.3, 0.4) is 0 Å². The highest BCUT2D eigenvalue weighted by atomic mass is 16.4. The van der Waals surface area contributed by atoms with Crippen molar-refractivity contribution >= 4 is 11.9 Å². The van der Waals surface area contributed by atoms with Crippen LogP contribution in [-0.4, -0.2) is 29.6 Å². The van der Waals surface area contributed by atoms with Crippen molar-refractivity contribution in [3.05, 3.63) is 0 Å². The van der Waals surface area contributed by atoms with Crippen LogP contribution < -0.4 is 11.1 Å². The molecule has 1 unspecified atom stereocenters. The lowest BCUT2D eigenvalue weighted by atomic mass is 10.0. The van der Waals surface area contributed by atoms with Gasteiger partial charge in [-0.3, -0.25) is 4.79 Å². The first-order valence-electron chi connectivity index (χ1n) is 5.61. The molecule has 0 rings (SSSR count). The fourth-order valence-corrected chi connectivity index (χ4v) is 1.39. The van der Waals surface area contributed by atoms with E-state index in [-0.39, 0.29) is 17.7 Å². The Balaban J connectivity index is 4.28. The maximum Gasteiger partial charge on any atom is 0.326 e. The molecule has 5 heteroatoms. The standard InChI is InChI=1S/C11H22N2O3/c1-7(2)6-9(11(15)16)13-10(14)8(3)4-5-12/h7-9H,4-6,12H2,1-3H3,(H,13,14)(H,15,16)/t8?,9-/m0/s1. The van der Waals surface area contributed by atoms with Crippen LogP contribution >= 0.6 is 0 Å². The summed E-state index contributed by atoms with van der Waals surface area (Å²) in [5.74, 6) is -1.23. The summed E-state index contributed by atoms with van der Waals surface area (Å²) >= 11 is 0. The third-order valence-electron chi connectivity index (χ3n) is 2.37. The first-order chi connectivity index (χ1) is 7.38. The lowest BCUT2D eigenvalue weighted by molar-refractivity contribution is -0.142. The number of aliphatic carboxylic acids is 1. The molecule has 0 radical (unpaired) electrons. The summed E-state index contributed by atoms with van der Waals surface area (Å²) < 4.78 is 0. The molecule has 0 aromatic carbocycles. The van der Waals surface area contributed by atoms with Crippen LogP contribution in [0.15, 0.2) is 0 Å². The molecule has 0 aliphatic rings. The van der Waals surface area contributed by atoms with Crippen LogP contribution in [-0.2, 0) is 9.59 Å². The Labute approximate surface area is 96.4 Å². The second-order valence-corrected chi connectivity index (χ2v) is 4.51. The fourth-order valence-electron chi connectivity index (χ4n) is 1.39. The van der Waals surface area contributed by atoms with E-state index in [1.165, 1.54) is 0 Å². The summed E-state index contributed by atoms with van der Waals surface area (Å²) in [6.45, 7) is 6.02. The zero-order valence-electron chi connectivity index (χ0n) is 10.2. The first-order valence-corrected chi connectivity index (χ1v) is 5.61. The molecule has 94 valence electrons. The van der Waals surface area contributed by atoms with Crippen LogP contribution in [0.4, 0.5) is 0 Å². The molecule has 0 aromatic rings. The molecule has 0 bridgehead atoms. The van der Waals surface area contributed by atoms with Crippen molar-refractivity contribution in [1.82, 2.24) is 5.32 Å². The largest absolute Gasteiger partial charge is 0.480 e. The van der Waals surface area contributed by atoms with Gasteiger partial charge in [0, 0.05) is 5.92 Å². The van der Waals surface area contributed by atoms with Gasteiger partial charge < -0.3 is 16.2 Å². The molecule has 0 aliphatic heterocycles. The summed E-state index contributed by atoms with van der Waals surface area (Å²) in [5.41, 5.74) is 5.34. The zero-order chi connectivity index (χ0) is 12.7. The van der Waals surface area contributed by atoms with E-state index in [1.54, 1.807) is 6.92 Å². The maximum atomic E-state index is 11.6. The van der Waals surface area contributed by atoms with E-state index in [0.717, 1.165) is 0 Å². The number of rotatable bonds is 7. The molecule has 0 aliphatic carbocycles. The molecule has 0 saturated carbocycles. The molecular weight excluding hydrogens is 208 g/mol. The van der Waals surface area contributed by atoms with Crippen LogP contribution in [0.2, 0.25) is 0 Å². The Morgan fingerprint density at radius 3 is 2.25 bits per heavy atom. The van der Waals surface area contributed by atoms with E-state index in [9.17, 15) is 9.59 Å². The number of carboxylic acid groups (broad SMARTS) is 1. The van der Waals surface area contributed by atoms with Crippen molar-refractivity contribution in [2.45, 2.75) is 39.7 Å². The topological polar surface area (TPSA) is 92.4 Å². The number of carboxylic acids is 1. The third-order valence-corrected chi connectivity index (χ3v) is 2.37. The average molecular weight is 230 g/mol.